The summed E-state index contributed by atoms with van der Waals surface area (Å²) >= 11 is 1.67. The van der Waals surface area contributed by atoms with Gasteiger partial charge in [-0.1, -0.05) is 18.2 Å². The smallest absolute Gasteiger partial charge is 0.264 e. The molecule has 0 aliphatic carbocycles. The predicted molar refractivity (Wildman–Crippen MR) is 85.7 cm³/mol. The number of fused-ring (bicyclic) bond motifs is 1. The molecule has 20 heavy (non-hydrogen) atoms. The van der Waals surface area contributed by atoms with E-state index in [9.17, 15) is 4.79 Å². The van der Waals surface area contributed by atoms with E-state index in [1.54, 1.807) is 16.3 Å². The number of aromatic nitrogens is 1. The Morgan fingerprint density at radius 3 is 2.45 bits per heavy atom. The van der Waals surface area contributed by atoms with Gasteiger partial charge in [0.1, 0.15) is 5.82 Å². The Hall–Kier alpha value is -2.20. The van der Waals surface area contributed by atoms with Crippen LogP contribution in [0.1, 0.15) is 0 Å². The molecule has 0 amide bonds. The molecule has 0 fully saturated rings. The molecule has 3 aromatic rings. The van der Waals surface area contributed by atoms with Gasteiger partial charge in [-0.25, -0.2) is 0 Å². The summed E-state index contributed by atoms with van der Waals surface area (Å²) in [4.78, 5) is 13.7. The van der Waals surface area contributed by atoms with Gasteiger partial charge in [0.25, 0.3) is 5.56 Å². The van der Waals surface area contributed by atoms with Crippen LogP contribution in [-0.4, -0.2) is 10.8 Å². The van der Waals surface area contributed by atoms with Crippen molar-refractivity contribution in [2.45, 2.75) is 4.90 Å². The van der Waals surface area contributed by atoms with Crippen LogP contribution in [0.15, 0.2) is 64.3 Å². The second kappa shape index (κ2) is 5.06. The van der Waals surface area contributed by atoms with Crippen molar-refractivity contribution < 1.29 is 0 Å². The first kappa shape index (κ1) is 12.8. The van der Waals surface area contributed by atoms with Crippen LogP contribution in [0, 0.1) is 0 Å². The van der Waals surface area contributed by atoms with Crippen molar-refractivity contribution in [2.75, 3.05) is 12.0 Å². The number of benzene rings is 2. The zero-order chi connectivity index (χ0) is 14.1. The molecule has 0 saturated carbocycles. The molecular formula is C16H14N2OS. The third kappa shape index (κ3) is 2.08. The van der Waals surface area contributed by atoms with Gasteiger partial charge in [-0.3, -0.25) is 9.36 Å². The number of nitrogens with two attached hydrogens (primary N) is 1. The molecule has 2 aromatic carbocycles. The van der Waals surface area contributed by atoms with Crippen molar-refractivity contribution in [3.8, 4) is 5.69 Å². The quantitative estimate of drug-likeness (QED) is 0.734. The number of nitrogen functional groups attached to an aromatic ring is 1. The summed E-state index contributed by atoms with van der Waals surface area (Å²) in [6.45, 7) is 0. The molecule has 0 aliphatic heterocycles. The molecular weight excluding hydrogens is 268 g/mol. The second-order valence-electron chi connectivity index (χ2n) is 4.50. The molecule has 0 unspecified atom stereocenters. The highest BCUT2D eigenvalue weighted by molar-refractivity contribution is 7.98. The van der Waals surface area contributed by atoms with Crippen LogP contribution in [0.25, 0.3) is 16.5 Å². The minimum absolute atomic E-state index is 0.0856. The summed E-state index contributed by atoms with van der Waals surface area (Å²) < 4.78 is 1.55. The average molecular weight is 282 g/mol. The maximum absolute atomic E-state index is 12.6. The maximum Gasteiger partial charge on any atom is 0.264 e. The largest absolute Gasteiger partial charge is 0.385 e. The summed E-state index contributed by atoms with van der Waals surface area (Å²) in [7, 11) is 0. The van der Waals surface area contributed by atoms with E-state index in [1.165, 1.54) is 0 Å². The molecule has 0 aliphatic rings. The van der Waals surface area contributed by atoms with E-state index < -0.39 is 0 Å². The Balaban J connectivity index is 2.27. The Kier molecular flexibility index (Phi) is 3.24. The first-order chi connectivity index (χ1) is 9.70. The fourth-order valence-corrected chi connectivity index (χ4v) is 2.69. The minimum Gasteiger partial charge on any atom is -0.385 e. The van der Waals surface area contributed by atoms with Gasteiger partial charge < -0.3 is 5.73 Å². The third-order valence-corrected chi connectivity index (χ3v) is 4.03. The summed E-state index contributed by atoms with van der Waals surface area (Å²) in [5, 5.41) is 1.54. The van der Waals surface area contributed by atoms with E-state index in [1.807, 2.05) is 60.9 Å². The topological polar surface area (TPSA) is 48.0 Å². The van der Waals surface area contributed by atoms with Crippen molar-refractivity contribution in [3.63, 3.8) is 0 Å². The zero-order valence-electron chi connectivity index (χ0n) is 11.0. The molecule has 3 rings (SSSR count). The maximum atomic E-state index is 12.6. The molecule has 0 saturated heterocycles. The van der Waals surface area contributed by atoms with Gasteiger partial charge in [-0.05, 0) is 48.0 Å². The van der Waals surface area contributed by atoms with Gasteiger partial charge >= 0.3 is 0 Å². The summed E-state index contributed by atoms with van der Waals surface area (Å²) in [6, 6.07) is 17.1. The molecule has 2 N–H and O–H groups in total. The molecule has 100 valence electrons. The summed E-state index contributed by atoms with van der Waals surface area (Å²) in [5.41, 5.74) is 6.75. The molecule has 0 spiro atoms. The molecule has 0 bridgehead atoms. The highest BCUT2D eigenvalue weighted by Gasteiger charge is 2.08. The molecule has 0 atom stereocenters. The molecule has 3 nitrogen and oxygen atoms in total. The van der Waals surface area contributed by atoms with Crippen LogP contribution in [0.4, 0.5) is 5.82 Å². The Labute approximate surface area is 121 Å². The van der Waals surface area contributed by atoms with Crippen LogP contribution in [0.3, 0.4) is 0 Å². The highest BCUT2D eigenvalue weighted by Crippen LogP contribution is 2.20. The number of hydrogen-bond acceptors (Lipinski definition) is 3. The van der Waals surface area contributed by atoms with Crippen molar-refractivity contribution in [3.05, 3.63) is 65.0 Å². The number of anilines is 1. The number of hydrogen-bond donors (Lipinski definition) is 1. The molecule has 0 radical (unpaired) electrons. The Morgan fingerprint density at radius 2 is 1.75 bits per heavy atom. The van der Waals surface area contributed by atoms with Crippen molar-refractivity contribution in [2.24, 2.45) is 0 Å². The van der Waals surface area contributed by atoms with E-state index in [-0.39, 0.29) is 5.56 Å². The normalized spacial score (nSPS) is 10.8. The van der Waals surface area contributed by atoms with E-state index in [0.29, 0.717) is 11.2 Å². The predicted octanol–water partition coefficient (Wildman–Crippen LogP) is 3.29. The van der Waals surface area contributed by atoms with Crippen molar-refractivity contribution in [1.29, 1.82) is 0 Å². The first-order valence-electron chi connectivity index (χ1n) is 6.25. The monoisotopic (exact) mass is 282 g/mol. The Morgan fingerprint density at radius 1 is 1.05 bits per heavy atom. The minimum atomic E-state index is -0.0856. The van der Waals surface area contributed by atoms with E-state index in [0.717, 1.165) is 16.0 Å². The van der Waals surface area contributed by atoms with Crippen LogP contribution in [0.2, 0.25) is 0 Å². The van der Waals surface area contributed by atoms with Gasteiger partial charge in [-0.2, -0.15) is 0 Å². The van der Waals surface area contributed by atoms with Crippen LogP contribution in [0.5, 0.6) is 0 Å². The van der Waals surface area contributed by atoms with Crippen molar-refractivity contribution >= 4 is 28.4 Å². The lowest BCUT2D eigenvalue weighted by molar-refractivity contribution is 1.02. The lowest BCUT2D eigenvalue weighted by atomic mass is 10.1. The average Bonchev–Trinajstić information content (AvgIpc) is 2.48. The van der Waals surface area contributed by atoms with E-state index in [4.69, 9.17) is 5.73 Å². The lowest BCUT2D eigenvalue weighted by Gasteiger charge is -2.11. The Bertz CT molecular complexity index is 822. The number of rotatable bonds is 2. The van der Waals surface area contributed by atoms with Crippen LogP contribution < -0.4 is 11.3 Å². The van der Waals surface area contributed by atoms with Crippen LogP contribution in [-0.2, 0) is 0 Å². The first-order valence-corrected chi connectivity index (χ1v) is 7.48. The van der Waals surface area contributed by atoms with E-state index >= 15 is 0 Å². The van der Waals surface area contributed by atoms with Gasteiger partial charge in [0.2, 0.25) is 0 Å². The van der Waals surface area contributed by atoms with Gasteiger partial charge in [-0.15, -0.1) is 11.8 Å². The number of nitrogens with zero attached hydrogens (tertiary/aromatic N) is 1. The van der Waals surface area contributed by atoms with Gasteiger partial charge in [0, 0.05) is 10.3 Å². The van der Waals surface area contributed by atoms with Crippen LogP contribution >= 0.6 is 11.8 Å². The molecule has 1 aromatic heterocycles. The second-order valence-corrected chi connectivity index (χ2v) is 5.37. The lowest BCUT2D eigenvalue weighted by Crippen LogP contribution is -2.21. The summed E-state index contributed by atoms with van der Waals surface area (Å²) in [5.74, 6) is 0.450. The van der Waals surface area contributed by atoms with Crippen molar-refractivity contribution in [1.82, 2.24) is 4.57 Å². The number of thioether (sulfide) groups is 1. The fourth-order valence-electron chi connectivity index (χ4n) is 2.28. The number of pyridine rings is 1. The molecule has 4 heteroatoms. The third-order valence-electron chi connectivity index (χ3n) is 3.29. The van der Waals surface area contributed by atoms with Gasteiger partial charge in [0.05, 0.1) is 5.69 Å². The van der Waals surface area contributed by atoms with E-state index in [2.05, 4.69) is 0 Å². The standard InChI is InChI=1S/C16H14N2OS/c1-20-13-8-6-12(7-9-13)18-15(17)10-11-4-2-3-5-14(11)16(18)19/h2-10H,17H2,1H3. The molecule has 1 heterocycles. The highest BCUT2D eigenvalue weighted by atomic mass is 32.2. The fraction of sp³-hybridized carbons (Fsp3) is 0.0625. The SMILES string of the molecule is CSc1ccc(-n2c(N)cc3ccccc3c2=O)cc1. The summed E-state index contributed by atoms with van der Waals surface area (Å²) in [6.07, 6.45) is 2.02. The van der Waals surface area contributed by atoms with Gasteiger partial charge in [0.15, 0.2) is 0 Å². The zero-order valence-corrected chi connectivity index (χ0v) is 11.9.